The van der Waals surface area contributed by atoms with Gasteiger partial charge in [0.15, 0.2) is 11.5 Å². The SMILES string of the molecule is CCOc1ccccc1OCC1CN(C(C)C)CCO1. The standard InChI is InChI=1S/C16H25NO3/c1-4-18-15-7-5-6-8-16(15)20-12-14-11-17(13(2)3)9-10-19-14/h5-8,13-14H,4,9-12H2,1-3H3. The van der Waals surface area contributed by atoms with Gasteiger partial charge in [0.25, 0.3) is 0 Å². The predicted molar refractivity (Wildman–Crippen MR) is 79.6 cm³/mol. The third-order valence-electron chi connectivity index (χ3n) is 3.47. The zero-order valence-corrected chi connectivity index (χ0v) is 12.7. The molecule has 0 radical (unpaired) electrons. The van der Waals surface area contributed by atoms with Crippen molar-refractivity contribution in [1.29, 1.82) is 0 Å². The van der Waals surface area contributed by atoms with E-state index in [-0.39, 0.29) is 6.10 Å². The summed E-state index contributed by atoms with van der Waals surface area (Å²) in [5, 5.41) is 0. The van der Waals surface area contributed by atoms with Crippen LogP contribution in [0.5, 0.6) is 11.5 Å². The van der Waals surface area contributed by atoms with Crippen molar-refractivity contribution in [1.82, 2.24) is 4.90 Å². The van der Waals surface area contributed by atoms with Gasteiger partial charge in [-0.2, -0.15) is 0 Å². The number of hydrogen-bond donors (Lipinski definition) is 0. The van der Waals surface area contributed by atoms with Crippen molar-refractivity contribution >= 4 is 0 Å². The average molecular weight is 279 g/mol. The van der Waals surface area contributed by atoms with Crippen molar-refractivity contribution in [3.05, 3.63) is 24.3 Å². The molecule has 0 aliphatic carbocycles. The minimum absolute atomic E-state index is 0.126. The molecular weight excluding hydrogens is 254 g/mol. The first-order chi connectivity index (χ1) is 9.70. The maximum absolute atomic E-state index is 5.88. The van der Waals surface area contributed by atoms with Crippen LogP contribution in [0.1, 0.15) is 20.8 Å². The Bertz CT molecular complexity index is 408. The summed E-state index contributed by atoms with van der Waals surface area (Å²) >= 11 is 0. The molecule has 1 unspecified atom stereocenters. The number of rotatable bonds is 6. The zero-order valence-electron chi connectivity index (χ0n) is 12.7. The highest BCUT2D eigenvalue weighted by molar-refractivity contribution is 5.39. The van der Waals surface area contributed by atoms with E-state index in [1.165, 1.54) is 0 Å². The summed E-state index contributed by atoms with van der Waals surface area (Å²) in [7, 11) is 0. The number of hydrogen-bond acceptors (Lipinski definition) is 4. The second kappa shape index (κ2) is 7.50. The molecular formula is C16H25NO3. The molecule has 112 valence electrons. The van der Waals surface area contributed by atoms with Crippen LogP contribution < -0.4 is 9.47 Å². The van der Waals surface area contributed by atoms with Crippen LogP contribution in [0.3, 0.4) is 0 Å². The maximum Gasteiger partial charge on any atom is 0.161 e. The lowest BCUT2D eigenvalue weighted by Gasteiger charge is -2.35. The first kappa shape index (κ1) is 15.1. The Kier molecular flexibility index (Phi) is 5.68. The summed E-state index contributed by atoms with van der Waals surface area (Å²) in [6, 6.07) is 8.34. The molecule has 0 N–H and O–H groups in total. The molecule has 20 heavy (non-hydrogen) atoms. The summed E-state index contributed by atoms with van der Waals surface area (Å²) in [5.41, 5.74) is 0. The van der Waals surface area contributed by atoms with Gasteiger partial charge in [0.1, 0.15) is 12.7 Å². The monoisotopic (exact) mass is 279 g/mol. The van der Waals surface area contributed by atoms with E-state index < -0.39 is 0 Å². The molecule has 1 aliphatic rings. The number of nitrogens with zero attached hydrogens (tertiary/aromatic N) is 1. The van der Waals surface area contributed by atoms with Crippen molar-refractivity contribution in [3.63, 3.8) is 0 Å². The Morgan fingerprint density at radius 3 is 2.60 bits per heavy atom. The maximum atomic E-state index is 5.88. The highest BCUT2D eigenvalue weighted by atomic mass is 16.5. The van der Waals surface area contributed by atoms with Gasteiger partial charge in [0, 0.05) is 19.1 Å². The second-order valence-electron chi connectivity index (χ2n) is 5.27. The first-order valence-corrected chi connectivity index (χ1v) is 7.41. The smallest absolute Gasteiger partial charge is 0.161 e. The van der Waals surface area contributed by atoms with E-state index in [1.54, 1.807) is 0 Å². The zero-order chi connectivity index (χ0) is 14.4. The lowest BCUT2D eigenvalue weighted by Crippen LogP contribution is -2.47. The quantitative estimate of drug-likeness (QED) is 0.801. The van der Waals surface area contributed by atoms with Crippen molar-refractivity contribution in [2.45, 2.75) is 32.9 Å². The van der Waals surface area contributed by atoms with Crippen LogP contribution in [0, 0.1) is 0 Å². The molecule has 0 spiro atoms. The van der Waals surface area contributed by atoms with E-state index in [0.717, 1.165) is 31.2 Å². The molecule has 0 amide bonds. The first-order valence-electron chi connectivity index (χ1n) is 7.41. The van der Waals surface area contributed by atoms with Gasteiger partial charge in [-0.25, -0.2) is 0 Å². The van der Waals surface area contributed by atoms with Crippen LogP contribution in [-0.4, -0.2) is 50.0 Å². The van der Waals surface area contributed by atoms with Crippen LogP contribution in [0.2, 0.25) is 0 Å². The third kappa shape index (κ3) is 4.12. The van der Waals surface area contributed by atoms with Gasteiger partial charge < -0.3 is 14.2 Å². The van der Waals surface area contributed by atoms with Crippen LogP contribution in [-0.2, 0) is 4.74 Å². The van der Waals surface area contributed by atoms with Crippen LogP contribution in [0.25, 0.3) is 0 Å². The molecule has 0 aromatic heterocycles. The van der Waals surface area contributed by atoms with Crippen LogP contribution >= 0.6 is 0 Å². The van der Waals surface area contributed by atoms with E-state index in [0.29, 0.717) is 19.3 Å². The summed E-state index contributed by atoms with van der Waals surface area (Å²) in [5.74, 6) is 1.59. The molecule has 4 nitrogen and oxygen atoms in total. The van der Waals surface area contributed by atoms with E-state index in [2.05, 4.69) is 18.7 Å². The minimum atomic E-state index is 0.126. The van der Waals surface area contributed by atoms with Crippen molar-refractivity contribution < 1.29 is 14.2 Å². The molecule has 1 atom stereocenters. The second-order valence-corrected chi connectivity index (χ2v) is 5.27. The Labute approximate surface area is 121 Å². The number of ether oxygens (including phenoxy) is 3. The summed E-state index contributed by atoms with van der Waals surface area (Å²) in [4.78, 5) is 2.42. The van der Waals surface area contributed by atoms with Crippen LogP contribution in [0.4, 0.5) is 0 Å². The summed E-state index contributed by atoms with van der Waals surface area (Å²) < 4.78 is 17.2. The highest BCUT2D eigenvalue weighted by Gasteiger charge is 2.23. The average Bonchev–Trinajstić information content (AvgIpc) is 2.47. The molecule has 1 fully saturated rings. The molecule has 1 aromatic carbocycles. The van der Waals surface area contributed by atoms with Crippen molar-refractivity contribution in [2.24, 2.45) is 0 Å². The van der Waals surface area contributed by atoms with E-state index in [1.807, 2.05) is 31.2 Å². The number of morpholine rings is 1. The Morgan fingerprint density at radius 1 is 1.25 bits per heavy atom. The fourth-order valence-electron chi connectivity index (χ4n) is 2.34. The van der Waals surface area contributed by atoms with Crippen molar-refractivity contribution in [3.8, 4) is 11.5 Å². The van der Waals surface area contributed by atoms with Gasteiger partial charge in [0.05, 0.1) is 13.2 Å². The fourth-order valence-corrected chi connectivity index (χ4v) is 2.34. The van der Waals surface area contributed by atoms with Gasteiger partial charge >= 0.3 is 0 Å². The molecule has 4 heteroatoms. The molecule has 1 heterocycles. The molecule has 2 rings (SSSR count). The van der Waals surface area contributed by atoms with Gasteiger partial charge in [-0.1, -0.05) is 12.1 Å². The molecule has 1 aromatic rings. The molecule has 1 aliphatic heterocycles. The largest absolute Gasteiger partial charge is 0.490 e. The topological polar surface area (TPSA) is 30.9 Å². The lowest BCUT2D eigenvalue weighted by atomic mass is 10.2. The Balaban J connectivity index is 1.88. The van der Waals surface area contributed by atoms with E-state index in [9.17, 15) is 0 Å². The normalized spacial score (nSPS) is 20.1. The Hall–Kier alpha value is -1.26. The molecule has 0 bridgehead atoms. The highest BCUT2D eigenvalue weighted by Crippen LogP contribution is 2.26. The summed E-state index contributed by atoms with van der Waals surface area (Å²) in [6.45, 7) is 10.3. The molecule has 0 saturated carbocycles. The van der Waals surface area contributed by atoms with E-state index in [4.69, 9.17) is 14.2 Å². The predicted octanol–water partition coefficient (Wildman–Crippen LogP) is 2.57. The number of para-hydroxylation sites is 2. The molecule has 1 saturated heterocycles. The van der Waals surface area contributed by atoms with Crippen LogP contribution in [0.15, 0.2) is 24.3 Å². The fraction of sp³-hybridized carbons (Fsp3) is 0.625. The summed E-state index contributed by atoms with van der Waals surface area (Å²) in [6.07, 6.45) is 0.126. The van der Waals surface area contributed by atoms with Gasteiger partial charge in [-0.3, -0.25) is 4.90 Å². The van der Waals surface area contributed by atoms with E-state index >= 15 is 0 Å². The third-order valence-corrected chi connectivity index (χ3v) is 3.47. The Morgan fingerprint density at radius 2 is 1.95 bits per heavy atom. The van der Waals surface area contributed by atoms with Gasteiger partial charge in [0.2, 0.25) is 0 Å². The van der Waals surface area contributed by atoms with Gasteiger partial charge in [-0.15, -0.1) is 0 Å². The van der Waals surface area contributed by atoms with Crippen molar-refractivity contribution in [2.75, 3.05) is 32.9 Å². The van der Waals surface area contributed by atoms with Gasteiger partial charge in [-0.05, 0) is 32.9 Å². The minimum Gasteiger partial charge on any atom is -0.490 e. The number of benzene rings is 1. The lowest BCUT2D eigenvalue weighted by molar-refractivity contribution is -0.0567.